The highest BCUT2D eigenvalue weighted by Gasteiger charge is 2.34. The molecule has 0 bridgehead atoms. The van der Waals surface area contributed by atoms with Gasteiger partial charge in [-0.25, -0.2) is 5.10 Å². The first-order valence-corrected chi connectivity index (χ1v) is 8.73. The number of H-pyrrole nitrogens is 1. The first-order valence-electron chi connectivity index (χ1n) is 8.73. The van der Waals surface area contributed by atoms with Crippen LogP contribution in [0.1, 0.15) is 29.4 Å². The molecule has 0 fully saturated rings. The highest BCUT2D eigenvalue weighted by atomic mass is 19.4. The molecule has 0 unspecified atom stereocenters. The summed E-state index contributed by atoms with van der Waals surface area (Å²) in [5.74, 6) is 0.867. The van der Waals surface area contributed by atoms with Crippen molar-refractivity contribution >= 4 is 5.71 Å². The molecule has 0 amide bonds. The summed E-state index contributed by atoms with van der Waals surface area (Å²) in [5.41, 5.74) is 1.06. The summed E-state index contributed by atoms with van der Waals surface area (Å²) in [7, 11) is 1.19. The Morgan fingerprint density at radius 1 is 1.10 bits per heavy atom. The fourth-order valence-electron chi connectivity index (χ4n) is 2.50. The van der Waals surface area contributed by atoms with Crippen LogP contribution < -0.4 is 9.47 Å². The topological polar surface area (TPSA) is 94.5 Å². The minimum atomic E-state index is -4.49. The third-order valence-corrected chi connectivity index (χ3v) is 4.04. The van der Waals surface area contributed by atoms with Gasteiger partial charge in [0, 0.05) is 0 Å². The standard InChI is InChI=1S/C19H18F3N5O3/c1-12(14-4-6-15(7-5-14)29-11-18-23-26-27-24-18)25-30-10-13-3-8-16(19(20,21)22)17(9-13)28-2/h3-9H,10-11H2,1-2H3,(H,23,24,26,27)/b25-12+. The third-order valence-electron chi connectivity index (χ3n) is 4.04. The number of tetrazole rings is 1. The van der Waals surface area contributed by atoms with Gasteiger partial charge in [-0.15, -0.1) is 5.10 Å². The number of benzene rings is 2. The van der Waals surface area contributed by atoms with Gasteiger partial charge in [0.1, 0.15) is 24.7 Å². The number of ether oxygens (including phenoxy) is 2. The zero-order chi connectivity index (χ0) is 21.6. The van der Waals surface area contributed by atoms with E-state index in [1.54, 1.807) is 31.2 Å². The van der Waals surface area contributed by atoms with E-state index >= 15 is 0 Å². The lowest BCUT2D eigenvalue weighted by Crippen LogP contribution is -2.08. The van der Waals surface area contributed by atoms with E-state index in [1.807, 2.05) is 0 Å². The summed E-state index contributed by atoms with van der Waals surface area (Å²) in [6.45, 7) is 1.96. The van der Waals surface area contributed by atoms with Crippen LogP contribution in [0, 0.1) is 0 Å². The van der Waals surface area contributed by atoms with Gasteiger partial charge in [-0.2, -0.15) is 13.2 Å². The van der Waals surface area contributed by atoms with Gasteiger partial charge in [-0.1, -0.05) is 11.2 Å². The molecule has 30 heavy (non-hydrogen) atoms. The van der Waals surface area contributed by atoms with Gasteiger partial charge in [0.25, 0.3) is 0 Å². The second-order valence-electron chi connectivity index (χ2n) is 6.14. The van der Waals surface area contributed by atoms with Gasteiger partial charge >= 0.3 is 6.18 Å². The average molecular weight is 421 g/mol. The van der Waals surface area contributed by atoms with Crippen molar-refractivity contribution < 1.29 is 27.5 Å². The Labute approximate surface area is 169 Å². The van der Waals surface area contributed by atoms with Crippen LogP contribution in [0.4, 0.5) is 13.2 Å². The molecule has 0 saturated heterocycles. The molecule has 2 aromatic carbocycles. The fraction of sp³-hybridized carbons (Fsp3) is 0.263. The normalized spacial score (nSPS) is 12.0. The second-order valence-corrected chi connectivity index (χ2v) is 6.14. The number of oxime groups is 1. The van der Waals surface area contributed by atoms with E-state index in [9.17, 15) is 13.2 Å². The zero-order valence-electron chi connectivity index (χ0n) is 16.1. The molecule has 0 spiro atoms. The lowest BCUT2D eigenvalue weighted by atomic mass is 10.1. The lowest BCUT2D eigenvalue weighted by molar-refractivity contribution is -0.138. The largest absolute Gasteiger partial charge is 0.496 e. The number of halogens is 3. The molecule has 0 radical (unpaired) electrons. The second kappa shape index (κ2) is 9.25. The number of methoxy groups -OCH3 is 1. The van der Waals surface area contributed by atoms with Crippen molar-refractivity contribution in [1.29, 1.82) is 0 Å². The quantitative estimate of drug-likeness (QED) is 0.440. The summed E-state index contributed by atoms with van der Waals surface area (Å²) in [6, 6.07) is 10.7. The number of rotatable bonds is 8. The molecule has 158 valence electrons. The van der Waals surface area contributed by atoms with Crippen LogP contribution in [-0.4, -0.2) is 33.4 Å². The van der Waals surface area contributed by atoms with Crippen LogP contribution >= 0.6 is 0 Å². The highest BCUT2D eigenvalue weighted by Crippen LogP contribution is 2.36. The number of hydrogen-bond donors (Lipinski definition) is 1. The van der Waals surface area contributed by atoms with E-state index in [4.69, 9.17) is 14.3 Å². The average Bonchev–Trinajstić information content (AvgIpc) is 3.25. The van der Waals surface area contributed by atoms with Crippen molar-refractivity contribution in [1.82, 2.24) is 20.6 Å². The highest BCUT2D eigenvalue weighted by molar-refractivity contribution is 5.98. The first kappa shape index (κ1) is 21.1. The van der Waals surface area contributed by atoms with Gasteiger partial charge in [-0.3, -0.25) is 0 Å². The summed E-state index contributed by atoms with van der Waals surface area (Å²) < 4.78 is 49.1. The van der Waals surface area contributed by atoms with Crippen molar-refractivity contribution in [2.75, 3.05) is 7.11 Å². The molecule has 8 nitrogen and oxygen atoms in total. The van der Waals surface area contributed by atoms with Crippen molar-refractivity contribution in [2.45, 2.75) is 26.3 Å². The van der Waals surface area contributed by atoms with Gasteiger partial charge in [0.15, 0.2) is 5.82 Å². The van der Waals surface area contributed by atoms with Crippen molar-refractivity contribution in [3.05, 3.63) is 65.0 Å². The zero-order valence-corrected chi connectivity index (χ0v) is 16.1. The number of aromatic amines is 1. The molecule has 11 heteroatoms. The molecule has 3 rings (SSSR count). The van der Waals surface area contributed by atoms with Gasteiger partial charge in [0.2, 0.25) is 0 Å². The van der Waals surface area contributed by atoms with Crippen molar-refractivity contribution in [3.8, 4) is 11.5 Å². The maximum Gasteiger partial charge on any atom is 0.419 e. The van der Waals surface area contributed by atoms with Crippen LogP contribution in [0.2, 0.25) is 0 Å². The first-order chi connectivity index (χ1) is 14.4. The van der Waals surface area contributed by atoms with Crippen molar-refractivity contribution in [3.63, 3.8) is 0 Å². The molecule has 0 atom stereocenters. The Morgan fingerprint density at radius 2 is 1.87 bits per heavy atom. The SMILES string of the molecule is COc1cc(CO/N=C(\C)c2ccc(OCc3nnn[nH]3)cc2)ccc1C(F)(F)F. The fourth-order valence-corrected chi connectivity index (χ4v) is 2.50. The smallest absolute Gasteiger partial charge is 0.419 e. The molecule has 0 aliphatic rings. The van der Waals surface area contributed by atoms with E-state index in [0.29, 0.717) is 22.8 Å². The van der Waals surface area contributed by atoms with E-state index in [2.05, 4.69) is 25.8 Å². The van der Waals surface area contributed by atoms with E-state index in [0.717, 1.165) is 11.6 Å². The molecular formula is C19H18F3N5O3. The molecule has 0 aliphatic heterocycles. The minimum absolute atomic E-state index is 0.00174. The summed E-state index contributed by atoms with van der Waals surface area (Å²) in [6.07, 6.45) is -4.49. The van der Waals surface area contributed by atoms with Crippen molar-refractivity contribution in [2.24, 2.45) is 5.16 Å². The maximum absolute atomic E-state index is 12.9. The molecular weight excluding hydrogens is 403 g/mol. The van der Waals surface area contributed by atoms with E-state index < -0.39 is 11.7 Å². The molecule has 0 saturated carbocycles. The molecule has 1 heterocycles. The van der Waals surface area contributed by atoms with Crippen LogP contribution in [0.25, 0.3) is 0 Å². The molecule has 1 N–H and O–H groups in total. The summed E-state index contributed by atoms with van der Waals surface area (Å²) >= 11 is 0. The van der Waals surface area contributed by atoms with Crippen LogP contribution in [0.3, 0.4) is 0 Å². The van der Waals surface area contributed by atoms with Gasteiger partial charge in [-0.05, 0) is 64.9 Å². The predicted molar refractivity (Wildman–Crippen MR) is 99.9 cm³/mol. The number of alkyl halides is 3. The molecule has 1 aromatic heterocycles. The van der Waals surface area contributed by atoms with E-state index in [-0.39, 0.29) is 19.0 Å². The summed E-state index contributed by atoms with van der Waals surface area (Å²) in [4.78, 5) is 5.28. The maximum atomic E-state index is 12.9. The minimum Gasteiger partial charge on any atom is -0.496 e. The van der Waals surface area contributed by atoms with Gasteiger partial charge < -0.3 is 14.3 Å². The Balaban J connectivity index is 1.57. The molecule has 3 aromatic rings. The summed E-state index contributed by atoms with van der Waals surface area (Å²) in [5, 5.41) is 17.2. The number of nitrogens with zero attached hydrogens (tertiary/aromatic N) is 4. The Hall–Kier alpha value is -3.63. The Kier molecular flexibility index (Phi) is 6.50. The van der Waals surface area contributed by atoms with Crippen LogP contribution in [0.5, 0.6) is 11.5 Å². The molecule has 0 aliphatic carbocycles. The predicted octanol–water partition coefficient (Wildman–Crippen LogP) is 3.75. The monoisotopic (exact) mass is 421 g/mol. The van der Waals surface area contributed by atoms with Crippen LogP contribution in [-0.2, 0) is 24.2 Å². The Bertz CT molecular complexity index is 990. The van der Waals surface area contributed by atoms with E-state index in [1.165, 1.54) is 19.2 Å². The number of hydrogen-bond acceptors (Lipinski definition) is 7. The number of aromatic nitrogens is 4. The van der Waals surface area contributed by atoms with Gasteiger partial charge in [0.05, 0.1) is 18.4 Å². The lowest BCUT2D eigenvalue weighted by Gasteiger charge is -2.13. The third kappa shape index (κ3) is 5.46. The van der Waals surface area contributed by atoms with Crippen LogP contribution in [0.15, 0.2) is 47.6 Å². The number of nitrogens with one attached hydrogen (secondary N) is 1. The Morgan fingerprint density at radius 3 is 2.50 bits per heavy atom.